The second kappa shape index (κ2) is 11.5. The van der Waals surface area contributed by atoms with Gasteiger partial charge in [0.25, 0.3) is 0 Å². The lowest BCUT2D eigenvalue weighted by Gasteiger charge is -2.38. The van der Waals surface area contributed by atoms with Crippen LogP contribution in [0.4, 0.5) is 4.39 Å². The van der Waals surface area contributed by atoms with E-state index >= 15 is 0 Å². The maximum absolute atomic E-state index is 13.9. The van der Waals surface area contributed by atoms with Crippen LogP contribution in [0, 0.1) is 12.7 Å². The fourth-order valence-corrected chi connectivity index (χ4v) is 3.80. The molecule has 30 heavy (non-hydrogen) atoms. The van der Waals surface area contributed by atoms with Crippen molar-refractivity contribution >= 4 is 29.9 Å². The average Bonchev–Trinajstić information content (AvgIpc) is 2.75. The molecule has 1 heterocycles. The lowest BCUT2D eigenvalue weighted by atomic mass is 9.74. The lowest BCUT2D eigenvalue weighted by Crippen LogP contribution is -2.48. The molecule has 0 radical (unpaired) electrons. The molecule has 1 saturated heterocycles. The quantitative estimate of drug-likeness (QED) is 0.337. The number of nitrogens with zero attached hydrogens (tertiary/aromatic N) is 1. The molecule has 0 aliphatic carbocycles. The van der Waals surface area contributed by atoms with Crippen LogP contribution in [0.3, 0.4) is 0 Å². The average molecular weight is 527 g/mol. The molecule has 1 fully saturated rings. The van der Waals surface area contributed by atoms with Crippen LogP contribution in [-0.4, -0.2) is 39.9 Å². The van der Waals surface area contributed by atoms with Gasteiger partial charge in [-0.05, 0) is 49.1 Å². The monoisotopic (exact) mass is 527 g/mol. The predicted octanol–water partition coefficient (Wildman–Crippen LogP) is 4.17. The van der Waals surface area contributed by atoms with Crippen LogP contribution in [0.2, 0.25) is 0 Å². The van der Waals surface area contributed by atoms with E-state index in [1.807, 2.05) is 19.1 Å². The van der Waals surface area contributed by atoms with Gasteiger partial charge in [-0.3, -0.25) is 4.99 Å². The Labute approximate surface area is 195 Å². The highest BCUT2D eigenvalue weighted by atomic mass is 127. The van der Waals surface area contributed by atoms with Crippen molar-refractivity contribution in [3.05, 3.63) is 65.0 Å². The van der Waals surface area contributed by atoms with E-state index in [0.29, 0.717) is 32.3 Å². The highest BCUT2D eigenvalue weighted by Crippen LogP contribution is 2.34. The number of aryl methyl sites for hydroxylation is 1. The van der Waals surface area contributed by atoms with Crippen molar-refractivity contribution in [3.63, 3.8) is 0 Å². The first-order valence-electron chi connectivity index (χ1n) is 9.98. The minimum absolute atomic E-state index is 0. The Bertz CT molecular complexity index is 854. The third kappa shape index (κ3) is 6.07. The first kappa shape index (κ1) is 24.4. The number of guanidine groups is 1. The number of ether oxygens (including phenoxy) is 2. The Hall–Kier alpha value is -1.87. The summed E-state index contributed by atoms with van der Waals surface area (Å²) in [7, 11) is 3.43. The summed E-state index contributed by atoms with van der Waals surface area (Å²) < 4.78 is 24.9. The molecule has 164 valence electrons. The summed E-state index contributed by atoms with van der Waals surface area (Å²) >= 11 is 0. The fourth-order valence-electron chi connectivity index (χ4n) is 3.80. The van der Waals surface area contributed by atoms with Crippen molar-refractivity contribution in [2.45, 2.75) is 31.7 Å². The fraction of sp³-hybridized carbons (Fsp3) is 0.435. The van der Waals surface area contributed by atoms with Gasteiger partial charge in [-0.15, -0.1) is 24.0 Å². The van der Waals surface area contributed by atoms with Crippen LogP contribution in [0.25, 0.3) is 0 Å². The molecular weight excluding hydrogens is 496 g/mol. The summed E-state index contributed by atoms with van der Waals surface area (Å²) in [5.74, 6) is 1.35. The van der Waals surface area contributed by atoms with E-state index in [1.54, 1.807) is 26.3 Å². The van der Waals surface area contributed by atoms with Crippen LogP contribution in [0.5, 0.6) is 5.75 Å². The third-order valence-electron chi connectivity index (χ3n) is 5.59. The molecule has 5 nitrogen and oxygen atoms in total. The summed E-state index contributed by atoms with van der Waals surface area (Å²) in [6, 6.07) is 13.0. The molecule has 0 saturated carbocycles. The van der Waals surface area contributed by atoms with E-state index in [4.69, 9.17) is 9.47 Å². The molecular formula is C23H31FIN3O2. The molecule has 1 aliphatic heterocycles. The Morgan fingerprint density at radius 2 is 1.93 bits per heavy atom. The number of methoxy groups -OCH3 is 1. The van der Waals surface area contributed by atoms with Gasteiger partial charge in [0.15, 0.2) is 5.96 Å². The van der Waals surface area contributed by atoms with Gasteiger partial charge in [0.05, 0.1) is 7.11 Å². The highest BCUT2D eigenvalue weighted by molar-refractivity contribution is 14.0. The molecule has 0 aromatic heterocycles. The maximum Gasteiger partial charge on any atom is 0.191 e. The molecule has 0 atom stereocenters. The molecule has 0 bridgehead atoms. The third-order valence-corrected chi connectivity index (χ3v) is 5.59. The predicted molar refractivity (Wildman–Crippen MR) is 129 cm³/mol. The second-order valence-corrected chi connectivity index (χ2v) is 7.50. The van der Waals surface area contributed by atoms with Gasteiger partial charge in [0, 0.05) is 44.3 Å². The standard InChI is InChI=1S/C23H30FN3O2.HI/c1-17-7-8-18(21(13-17)28-3)15-26-22(25-2)27-16-23(9-11-29-12-10-23)19-5-4-6-20(24)14-19;/h4-8,13-14H,9-12,15-16H2,1-3H3,(H2,25,26,27);1H. The van der Waals surface area contributed by atoms with Crippen molar-refractivity contribution in [1.29, 1.82) is 0 Å². The van der Waals surface area contributed by atoms with Crippen molar-refractivity contribution in [2.75, 3.05) is 33.9 Å². The van der Waals surface area contributed by atoms with Gasteiger partial charge in [-0.25, -0.2) is 4.39 Å². The summed E-state index contributed by atoms with van der Waals surface area (Å²) in [5, 5.41) is 6.79. The summed E-state index contributed by atoms with van der Waals surface area (Å²) in [6.45, 7) is 4.64. The van der Waals surface area contributed by atoms with Gasteiger partial charge in [0.1, 0.15) is 11.6 Å². The number of benzene rings is 2. The Morgan fingerprint density at radius 3 is 2.60 bits per heavy atom. The summed E-state index contributed by atoms with van der Waals surface area (Å²) in [6.07, 6.45) is 1.68. The largest absolute Gasteiger partial charge is 0.496 e. The zero-order valence-corrected chi connectivity index (χ0v) is 20.2. The zero-order valence-electron chi connectivity index (χ0n) is 17.8. The molecule has 1 aliphatic rings. The molecule has 2 aromatic rings. The second-order valence-electron chi connectivity index (χ2n) is 7.50. The van der Waals surface area contributed by atoms with Gasteiger partial charge >= 0.3 is 0 Å². The maximum atomic E-state index is 13.9. The van der Waals surface area contributed by atoms with Gasteiger partial charge in [-0.1, -0.05) is 24.3 Å². The Kier molecular flexibility index (Phi) is 9.36. The normalized spacial score (nSPS) is 15.8. The zero-order chi connectivity index (χ0) is 20.7. The number of nitrogens with one attached hydrogen (secondary N) is 2. The minimum atomic E-state index is -0.206. The first-order valence-corrected chi connectivity index (χ1v) is 9.98. The van der Waals surface area contributed by atoms with E-state index in [9.17, 15) is 4.39 Å². The van der Waals surface area contributed by atoms with Crippen LogP contribution in [0.1, 0.15) is 29.5 Å². The number of rotatable bonds is 6. The van der Waals surface area contributed by atoms with E-state index < -0.39 is 0 Å². The van der Waals surface area contributed by atoms with Gasteiger partial charge in [0.2, 0.25) is 0 Å². The van der Waals surface area contributed by atoms with Crippen LogP contribution < -0.4 is 15.4 Å². The number of halogens is 2. The molecule has 3 rings (SSSR count). The molecule has 0 amide bonds. The van der Waals surface area contributed by atoms with E-state index in [0.717, 1.165) is 35.3 Å². The minimum Gasteiger partial charge on any atom is -0.496 e. The number of hydrogen-bond acceptors (Lipinski definition) is 3. The topological polar surface area (TPSA) is 54.9 Å². The number of aliphatic imine (C=N–C) groups is 1. The lowest BCUT2D eigenvalue weighted by molar-refractivity contribution is 0.0513. The molecule has 2 aromatic carbocycles. The molecule has 0 spiro atoms. The van der Waals surface area contributed by atoms with Crippen molar-refractivity contribution in [3.8, 4) is 5.75 Å². The molecule has 2 N–H and O–H groups in total. The summed E-state index contributed by atoms with van der Waals surface area (Å²) in [4.78, 5) is 4.35. The smallest absolute Gasteiger partial charge is 0.191 e. The van der Waals surface area contributed by atoms with Crippen LogP contribution in [-0.2, 0) is 16.7 Å². The number of hydrogen-bond donors (Lipinski definition) is 2. The van der Waals surface area contributed by atoms with Crippen molar-refractivity contribution in [1.82, 2.24) is 10.6 Å². The van der Waals surface area contributed by atoms with Gasteiger partial charge in [-0.2, -0.15) is 0 Å². The first-order chi connectivity index (χ1) is 14.1. The van der Waals surface area contributed by atoms with Crippen LogP contribution >= 0.6 is 24.0 Å². The molecule has 7 heteroatoms. The SMILES string of the molecule is CN=C(NCc1ccc(C)cc1OC)NCC1(c2cccc(F)c2)CCOCC1.I. The van der Waals surface area contributed by atoms with Crippen molar-refractivity contribution < 1.29 is 13.9 Å². The van der Waals surface area contributed by atoms with Gasteiger partial charge < -0.3 is 20.1 Å². The van der Waals surface area contributed by atoms with Crippen molar-refractivity contribution in [2.24, 2.45) is 4.99 Å². The Morgan fingerprint density at radius 1 is 1.17 bits per heavy atom. The summed E-state index contributed by atoms with van der Waals surface area (Å²) in [5.41, 5.74) is 3.04. The van der Waals surface area contributed by atoms with E-state index in [2.05, 4.69) is 27.8 Å². The van der Waals surface area contributed by atoms with E-state index in [-0.39, 0.29) is 35.2 Å². The molecule has 0 unspecified atom stereocenters. The Balaban J connectivity index is 0.00000320. The highest BCUT2D eigenvalue weighted by Gasteiger charge is 2.35. The van der Waals surface area contributed by atoms with E-state index in [1.165, 1.54) is 6.07 Å². The van der Waals surface area contributed by atoms with Crippen LogP contribution in [0.15, 0.2) is 47.5 Å².